The van der Waals surface area contributed by atoms with E-state index in [2.05, 4.69) is 16.4 Å². The number of hydrogen-bond donors (Lipinski definition) is 1. The van der Waals surface area contributed by atoms with E-state index in [0.717, 1.165) is 30.8 Å². The maximum atomic E-state index is 12.4. The normalized spacial score (nSPS) is 15.0. The summed E-state index contributed by atoms with van der Waals surface area (Å²) in [5.41, 5.74) is 8.87. The van der Waals surface area contributed by atoms with Gasteiger partial charge in [0.05, 0.1) is 17.9 Å². The topological polar surface area (TPSA) is 77.0 Å². The molecule has 1 amide bonds. The predicted molar refractivity (Wildman–Crippen MR) is 79.7 cm³/mol. The molecule has 1 atom stereocenters. The van der Waals surface area contributed by atoms with Crippen molar-refractivity contribution in [1.82, 2.24) is 15.0 Å². The van der Waals surface area contributed by atoms with Crippen LogP contribution in [0, 0.1) is 0 Å². The van der Waals surface area contributed by atoms with Crippen molar-refractivity contribution < 1.29 is 4.79 Å². The summed E-state index contributed by atoms with van der Waals surface area (Å²) in [6, 6.07) is 7.89. The Labute approximate surface area is 123 Å². The van der Waals surface area contributed by atoms with Crippen LogP contribution in [0.4, 0.5) is 5.69 Å². The highest BCUT2D eigenvalue weighted by molar-refractivity contribution is 5.95. The standard InChI is InChI=1S/C15H19N5O/c1-2-12(16)13-9-19(18-17-13)10-15(21)20-8-7-11-5-3-4-6-14(11)20/h3-6,9,12H,2,7-8,10,16H2,1H3. The van der Waals surface area contributed by atoms with Crippen molar-refractivity contribution in [1.29, 1.82) is 0 Å². The van der Waals surface area contributed by atoms with Crippen LogP contribution in [0.1, 0.15) is 30.6 Å². The van der Waals surface area contributed by atoms with Crippen LogP contribution in [0.2, 0.25) is 0 Å². The highest BCUT2D eigenvalue weighted by atomic mass is 16.2. The van der Waals surface area contributed by atoms with E-state index >= 15 is 0 Å². The molecule has 6 nitrogen and oxygen atoms in total. The molecule has 1 aromatic carbocycles. The van der Waals surface area contributed by atoms with E-state index < -0.39 is 0 Å². The number of nitrogens with two attached hydrogens (primary N) is 1. The van der Waals surface area contributed by atoms with Crippen molar-refractivity contribution in [2.75, 3.05) is 11.4 Å². The van der Waals surface area contributed by atoms with Crippen molar-refractivity contribution in [3.63, 3.8) is 0 Å². The van der Waals surface area contributed by atoms with E-state index in [-0.39, 0.29) is 18.5 Å². The molecule has 2 N–H and O–H groups in total. The number of anilines is 1. The molecular formula is C15H19N5O. The van der Waals surface area contributed by atoms with Gasteiger partial charge in [-0.25, -0.2) is 4.68 Å². The van der Waals surface area contributed by atoms with Gasteiger partial charge in [0, 0.05) is 12.2 Å². The van der Waals surface area contributed by atoms with Crippen molar-refractivity contribution in [2.45, 2.75) is 32.4 Å². The Kier molecular flexibility index (Phi) is 3.70. The molecule has 0 saturated heterocycles. The monoisotopic (exact) mass is 285 g/mol. The molecule has 3 rings (SSSR count). The van der Waals surface area contributed by atoms with Crippen LogP contribution < -0.4 is 10.6 Å². The van der Waals surface area contributed by atoms with Crippen molar-refractivity contribution in [3.8, 4) is 0 Å². The fourth-order valence-corrected chi connectivity index (χ4v) is 2.59. The number of fused-ring (bicyclic) bond motifs is 1. The average molecular weight is 285 g/mol. The van der Waals surface area contributed by atoms with Crippen molar-refractivity contribution >= 4 is 11.6 Å². The Hall–Kier alpha value is -2.21. The molecule has 0 bridgehead atoms. The summed E-state index contributed by atoms with van der Waals surface area (Å²) in [4.78, 5) is 14.2. The van der Waals surface area contributed by atoms with Crippen molar-refractivity contribution in [3.05, 3.63) is 41.7 Å². The summed E-state index contributed by atoms with van der Waals surface area (Å²) in [6.45, 7) is 2.92. The number of para-hydroxylation sites is 1. The van der Waals surface area contributed by atoms with Gasteiger partial charge in [0.2, 0.25) is 5.91 Å². The molecule has 1 aromatic heterocycles. The maximum absolute atomic E-state index is 12.4. The van der Waals surface area contributed by atoms with E-state index in [1.165, 1.54) is 5.56 Å². The highest BCUT2D eigenvalue weighted by Crippen LogP contribution is 2.27. The van der Waals surface area contributed by atoms with Gasteiger partial charge in [-0.15, -0.1) is 5.10 Å². The smallest absolute Gasteiger partial charge is 0.248 e. The van der Waals surface area contributed by atoms with Gasteiger partial charge in [0.25, 0.3) is 0 Å². The third-order valence-corrected chi connectivity index (χ3v) is 3.86. The van der Waals surface area contributed by atoms with E-state index in [1.54, 1.807) is 10.9 Å². The summed E-state index contributed by atoms with van der Waals surface area (Å²) in [5, 5.41) is 8.02. The van der Waals surface area contributed by atoms with Crippen LogP contribution >= 0.6 is 0 Å². The van der Waals surface area contributed by atoms with Gasteiger partial charge in [0.1, 0.15) is 6.54 Å². The molecule has 0 fully saturated rings. The van der Waals surface area contributed by atoms with Gasteiger partial charge in [-0.05, 0) is 24.5 Å². The molecule has 2 aromatic rings. The lowest BCUT2D eigenvalue weighted by Crippen LogP contribution is -2.32. The molecule has 1 aliphatic rings. The Bertz CT molecular complexity index is 651. The second-order valence-corrected chi connectivity index (χ2v) is 5.28. The Morgan fingerprint density at radius 1 is 1.43 bits per heavy atom. The molecule has 110 valence electrons. The minimum atomic E-state index is -0.124. The third kappa shape index (κ3) is 2.67. The zero-order valence-electron chi connectivity index (χ0n) is 12.1. The van der Waals surface area contributed by atoms with E-state index in [4.69, 9.17) is 5.73 Å². The molecule has 0 spiro atoms. The Balaban J connectivity index is 1.71. The molecule has 0 radical (unpaired) electrons. The summed E-state index contributed by atoms with van der Waals surface area (Å²) in [7, 11) is 0. The van der Waals surface area contributed by atoms with Gasteiger partial charge in [-0.1, -0.05) is 30.3 Å². The number of carbonyl (C=O) groups excluding carboxylic acids is 1. The van der Waals surface area contributed by atoms with Crippen LogP contribution in [-0.2, 0) is 17.8 Å². The number of benzene rings is 1. The number of carbonyl (C=O) groups is 1. The quantitative estimate of drug-likeness (QED) is 0.918. The third-order valence-electron chi connectivity index (χ3n) is 3.86. The zero-order chi connectivity index (χ0) is 14.8. The van der Waals surface area contributed by atoms with Gasteiger partial charge in [0.15, 0.2) is 0 Å². The molecule has 0 saturated carbocycles. The molecule has 1 unspecified atom stereocenters. The lowest BCUT2D eigenvalue weighted by molar-refractivity contribution is -0.119. The van der Waals surface area contributed by atoms with Crippen LogP contribution in [-0.4, -0.2) is 27.4 Å². The molecule has 1 aliphatic heterocycles. The summed E-state index contributed by atoms with van der Waals surface area (Å²) < 4.78 is 1.56. The number of hydrogen-bond acceptors (Lipinski definition) is 4. The van der Waals surface area contributed by atoms with Crippen LogP contribution in [0.25, 0.3) is 0 Å². The zero-order valence-corrected chi connectivity index (χ0v) is 12.1. The van der Waals surface area contributed by atoms with Gasteiger partial charge in [-0.3, -0.25) is 4.79 Å². The lowest BCUT2D eigenvalue weighted by Gasteiger charge is -2.16. The van der Waals surface area contributed by atoms with Gasteiger partial charge < -0.3 is 10.6 Å². The first-order chi connectivity index (χ1) is 10.2. The summed E-state index contributed by atoms with van der Waals surface area (Å²) in [6.07, 6.45) is 3.46. The molecule has 6 heteroatoms. The summed E-state index contributed by atoms with van der Waals surface area (Å²) in [5.74, 6) is 0.0291. The molecular weight excluding hydrogens is 266 g/mol. The SMILES string of the molecule is CCC(N)c1cn(CC(=O)N2CCc3ccccc32)nn1. The fraction of sp³-hybridized carbons (Fsp3) is 0.400. The van der Waals surface area contributed by atoms with Gasteiger partial charge >= 0.3 is 0 Å². The second-order valence-electron chi connectivity index (χ2n) is 5.28. The first-order valence-electron chi connectivity index (χ1n) is 7.23. The predicted octanol–water partition coefficient (Wildman–Crippen LogP) is 1.28. The fourth-order valence-electron chi connectivity index (χ4n) is 2.59. The van der Waals surface area contributed by atoms with Crippen molar-refractivity contribution in [2.24, 2.45) is 5.73 Å². The Morgan fingerprint density at radius 2 is 2.24 bits per heavy atom. The lowest BCUT2D eigenvalue weighted by atomic mass is 10.2. The summed E-state index contributed by atoms with van der Waals surface area (Å²) >= 11 is 0. The number of nitrogens with zero attached hydrogens (tertiary/aromatic N) is 4. The molecule has 21 heavy (non-hydrogen) atoms. The average Bonchev–Trinajstić information content (AvgIpc) is 3.12. The highest BCUT2D eigenvalue weighted by Gasteiger charge is 2.24. The first-order valence-corrected chi connectivity index (χ1v) is 7.23. The van der Waals surface area contributed by atoms with E-state index in [1.807, 2.05) is 30.0 Å². The van der Waals surface area contributed by atoms with Crippen LogP contribution in [0.5, 0.6) is 0 Å². The van der Waals surface area contributed by atoms with Gasteiger partial charge in [-0.2, -0.15) is 0 Å². The van der Waals surface area contributed by atoms with E-state index in [0.29, 0.717) is 0 Å². The maximum Gasteiger partial charge on any atom is 0.248 e. The molecule has 2 heterocycles. The Morgan fingerprint density at radius 3 is 3.05 bits per heavy atom. The number of rotatable bonds is 4. The van der Waals surface area contributed by atoms with Crippen LogP contribution in [0.15, 0.2) is 30.5 Å². The number of amides is 1. The molecule has 0 aliphatic carbocycles. The largest absolute Gasteiger partial charge is 0.323 e. The minimum Gasteiger partial charge on any atom is -0.323 e. The second kappa shape index (κ2) is 5.65. The number of aromatic nitrogens is 3. The van der Waals surface area contributed by atoms with E-state index in [9.17, 15) is 4.79 Å². The minimum absolute atomic E-state index is 0.0291. The van der Waals surface area contributed by atoms with Crippen LogP contribution in [0.3, 0.4) is 0 Å². The first kappa shape index (κ1) is 13.8.